The zero-order chi connectivity index (χ0) is 14.9. The van der Waals surface area contributed by atoms with Crippen LogP contribution in [-0.2, 0) is 6.54 Å². The fourth-order valence-electron chi connectivity index (χ4n) is 1.94. The standard InChI is InChI=1S/C17H21N3O/c1-2-3-10-19-17(21)15-9-11-18-16(12-15)20-13-14-7-5-4-6-8-14/h4-9,11-12H,2-3,10,13H2,1H3,(H,18,20)(H,19,21). The summed E-state index contributed by atoms with van der Waals surface area (Å²) in [5.74, 6) is 0.663. The minimum atomic E-state index is -0.0476. The minimum Gasteiger partial charge on any atom is -0.366 e. The number of nitrogens with one attached hydrogen (secondary N) is 2. The zero-order valence-electron chi connectivity index (χ0n) is 12.3. The van der Waals surface area contributed by atoms with Gasteiger partial charge in [-0.1, -0.05) is 43.7 Å². The van der Waals surface area contributed by atoms with Crippen molar-refractivity contribution in [3.63, 3.8) is 0 Å². The van der Waals surface area contributed by atoms with Gasteiger partial charge in [-0.15, -0.1) is 0 Å². The Kier molecular flexibility index (Phi) is 5.76. The molecule has 0 saturated carbocycles. The van der Waals surface area contributed by atoms with Crippen LogP contribution in [0, 0.1) is 0 Å². The van der Waals surface area contributed by atoms with Gasteiger partial charge in [0, 0.05) is 24.8 Å². The quantitative estimate of drug-likeness (QED) is 0.767. The van der Waals surface area contributed by atoms with Crippen LogP contribution in [0.3, 0.4) is 0 Å². The van der Waals surface area contributed by atoms with Gasteiger partial charge in [-0.3, -0.25) is 4.79 Å². The predicted octanol–water partition coefficient (Wildman–Crippen LogP) is 3.22. The summed E-state index contributed by atoms with van der Waals surface area (Å²) in [7, 11) is 0. The highest BCUT2D eigenvalue weighted by Crippen LogP contribution is 2.09. The Labute approximate surface area is 125 Å². The number of pyridine rings is 1. The first-order chi connectivity index (χ1) is 10.3. The topological polar surface area (TPSA) is 54.0 Å². The van der Waals surface area contributed by atoms with E-state index in [1.54, 1.807) is 18.3 Å². The summed E-state index contributed by atoms with van der Waals surface area (Å²) in [6, 6.07) is 13.6. The lowest BCUT2D eigenvalue weighted by Crippen LogP contribution is -2.24. The molecule has 21 heavy (non-hydrogen) atoms. The van der Waals surface area contributed by atoms with Crippen LogP contribution in [0.4, 0.5) is 5.82 Å². The summed E-state index contributed by atoms with van der Waals surface area (Å²) in [6.07, 6.45) is 3.72. The van der Waals surface area contributed by atoms with Gasteiger partial charge in [-0.25, -0.2) is 4.98 Å². The van der Waals surface area contributed by atoms with Gasteiger partial charge in [0.1, 0.15) is 5.82 Å². The maximum Gasteiger partial charge on any atom is 0.251 e. The lowest BCUT2D eigenvalue weighted by atomic mass is 10.2. The van der Waals surface area contributed by atoms with Crippen LogP contribution < -0.4 is 10.6 Å². The number of unbranched alkanes of at least 4 members (excludes halogenated alkanes) is 1. The van der Waals surface area contributed by atoms with Gasteiger partial charge >= 0.3 is 0 Å². The number of carbonyl (C=O) groups is 1. The second-order valence-electron chi connectivity index (χ2n) is 4.88. The highest BCUT2D eigenvalue weighted by Gasteiger charge is 2.06. The van der Waals surface area contributed by atoms with E-state index in [2.05, 4.69) is 22.5 Å². The van der Waals surface area contributed by atoms with Crippen molar-refractivity contribution in [2.45, 2.75) is 26.3 Å². The Morgan fingerprint density at radius 3 is 2.76 bits per heavy atom. The Morgan fingerprint density at radius 1 is 1.19 bits per heavy atom. The van der Waals surface area contributed by atoms with Crippen LogP contribution in [0.25, 0.3) is 0 Å². The normalized spacial score (nSPS) is 10.1. The maximum atomic E-state index is 12.0. The Hall–Kier alpha value is -2.36. The molecule has 2 rings (SSSR count). The molecule has 2 N–H and O–H groups in total. The van der Waals surface area contributed by atoms with E-state index in [0.717, 1.165) is 12.8 Å². The van der Waals surface area contributed by atoms with E-state index in [1.165, 1.54) is 5.56 Å². The molecule has 110 valence electrons. The van der Waals surface area contributed by atoms with Gasteiger partial charge in [0.25, 0.3) is 5.91 Å². The second kappa shape index (κ2) is 8.04. The molecule has 1 amide bonds. The van der Waals surface area contributed by atoms with E-state index >= 15 is 0 Å². The number of hydrogen-bond donors (Lipinski definition) is 2. The monoisotopic (exact) mass is 283 g/mol. The van der Waals surface area contributed by atoms with Crippen molar-refractivity contribution in [2.75, 3.05) is 11.9 Å². The molecule has 0 aliphatic rings. The molecule has 4 heteroatoms. The van der Waals surface area contributed by atoms with Crippen LogP contribution in [0.5, 0.6) is 0 Å². The molecule has 0 aliphatic heterocycles. The summed E-state index contributed by atoms with van der Waals surface area (Å²) >= 11 is 0. The highest BCUT2D eigenvalue weighted by atomic mass is 16.1. The van der Waals surface area contributed by atoms with Crippen LogP contribution >= 0.6 is 0 Å². The number of carbonyl (C=O) groups excluding carboxylic acids is 1. The molecule has 0 fully saturated rings. The van der Waals surface area contributed by atoms with Crippen molar-refractivity contribution in [1.82, 2.24) is 10.3 Å². The molecule has 0 spiro atoms. The number of amides is 1. The Morgan fingerprint density at radius 2 is 2.00 bits per heavy atom. The van der Waals surface area contributed by atoms with Gasteiger partial charge in [0.05, 0.1) is 0 Å². The van der Waals surface area contributed by atoms with Crippen LogP contribution in [0.2, 0.25) is 0 Å². The molecule has 0 radical (unpaired) electrons. The number of hydrogen-bond acceptors (Lipinski definition) is 3. The number of nitrogens with zero attached hydrogens (tertiary/aromatic N) is 1. The third-order valence-corrected chi connectivity index (χ3v) is 3.15. The van der Waals surface area contributed by atoms with Crippen LogP contribution in [-0.4, -0.2) is 17.4 Å². The van der Waals surface area contributed by atoms with E-state index in [9.17, 15) is 4.79 Å². The molecule has 1 aromatic carbocycles. The van der Waals surface area contributed by atoms with Crippen molar-refractivity contribution < 1.29 is 4.79 Å². The number of aromatic nitrogens is 1. The fourth-order valence-corrected chi connectivity index (χ4v) is 1.94. The van der Waals surface area contributed by atoms with Gasteiger partial charge in [-0.05, 0) is 24.1 Å². The SMILES string of the molecule is CCCCNC(=O)c1ccnc(NCc2ccccc2)c1. The van der Waals surface area contributed by atoms with Crippen LogP contribution in [0.15, 0.2) is 48.7 Å². The molecule has 0 saturated heterocycles. The lowest BCUT2D eigenvalue weighted by molar-refractivity contribution is 0.0953. The van der Waals surface area contributed by atoms with E-state index in [4.69, 9.17) is 0 Å². The summed E-state index contributed by atoms with van der Waals surface area (Å²) in [5, 5.41) is 6.14. The van der Waals surface area contributed by atoms with Crippen molar-refractivity contribution in [2.24, 2.45) is 0 Å². The molecule has 0 unspecified atom stereocenters. The fraction of sp³-hybridized carbons (Fsp3) is 0.294. The van der Waals surface area contributed by atoms with Gasteiger partial charge in [-0.2, -0.15) is 0 Å². The first-order valence-electron chi connectivity index (χ1n) is 7.31. The van der Waals surface area contributed by atoms with E-state index in [1.807, 2.05) is 30.3 Å². The molecular formula is C17H21N3O. The van der Waals surface area contributed by atoms with Crippen molar-refractivity contribution in [3.8, 4) is 0 Å². The summed E-state index contributed by atoms with van der Waals surface area (Å²) in [6.45, 7) is 3.50. The molecular weight excluding hydrogens is 262 g/mol. The smallest absolute Gasteiger partial charge is 0.251 e. The summed E-state index contributed by atoms with van der Waals surface area (Å²) in [5.41, 5.74) is 1.81. The van der Waals surface area contributed by atoms with Gasteiger partial charge < -0.3 is 10.6 Å². The number of benzene rings is 1. The van der Waals surface area contributed by atoms with E-state index in [0.29, 0.717) is 24.5 Å². The van der Waals surface area contributed by atoms with Crippen molar-refractivity contribution >= 4 is 11.7 Å². The van der Waals surface area contributed by atoms with Crippen molar-refractivity contribution in [1.29, 1.82) is 0 Å². The maximum absolute atomic E-state index is 12.0. The third-order valence-electron chi connectivity index (χ3n) is 3.15. The highest BCUT2D eigenvalue weighted by molar-refractivity contribution is 5.94. The first kappa shape index (κ1) is 15.0. The second-order valence-corrected chi connectivity index (χ2v) is 4.88. The predicted molar refractivity (Wildman–Crippen MR) is 85.2 cm³/mol. The Balaban J connectivity index is 1.92. The molecule has 1 aromatic heterocycles. The zero-order valence-corrected chi connectivity index (χ0v) is 12.3. The minimum absolute atomic E-state index is 0.0476. The number of rotatable bonds is 7. The molecule has 0 aliphatic carbocycles. The largest absolute Gasteiger partial charge is 0.366 e. The molecule has 0 bridgehead atoms. The Bertz CT molecular complexity index is 569. The molecule has 4 nitrogen and oxygen atoms in total. The van der Waals surface area contributed by atoms with E-state index in [-0.39, 0.29) is 5.91 Å². The van der Waals surface area contributed by atoms with E-state index < -0.39 is 0 Å². The average Bonchev–Trinajstić information content (AvgIpc) is 2.54. The lowest BCUT2D eigenvalue weighted by Gasteiger charge is -2.08. The number of anilines is 1. The van der Waals surface area contributed by atoms with Gasteiger partial charge in [0.2, 0.25) is 0 Å². The average molecular weight is 283 g/mol. The van der Waals surface area contributed by atoms with Crippen LogP contribution in [0.1, 0.15) is 35.7 Å². The summed E-state index contributed by atoms with van der Waals surface area (Å²) < 4.78 is 0. The van der Waals surface area contributed by atoms with Gasteiger partial charge in [0.15, 0.2) is 0 Å². The first-order valence-corrected chi connectivity index (χ1v) is 7.31. The molecule has 0 atom stereocenters. The molecule has 2 aromatic rings. The third kappa shape index (κ3) is 4.91. The summed E-state index contributed by atoms with van der Waals surface area (Å²) in [4.78, 5) is 16.2. The molecule has 1 heterocycles. The van der Waals surface area contributed by atoms with Crippen molar-refractivity contribution in [3.05, 3.63) is 59.8 Å².